The Morgan fingerprint density at radius 2 is 2.00 bits per heavy atom. The van der Waals surface area contributed by atoms with Gasteiger partial charge in [-0.1, -0.05) is 38.2 Å². The Bertz CT molecular complexity index is 687. The summed E-state index contributed by atoms with van der Waals surface area (Å²) in [6, 6.07) is 6.53. The number of rotatable bonds is 4. The second-order valence-electron chi connectivity index (χ2n) is 6.62. The number of piperazine rings is 1. The lowest BCUT2D eigenvalue weighted by Crippen LogP contribution is -2.49. The molecule has 23 heavy (non-hydrogen) atoms. The summed E-state index contributed by atoms with van der Waals surface area (Å²) in [5.41, 5.74) is 2.44. The first-order valence-electron chi connectivity index (χ1n) is 8.49. The molecule has 4 nitrogen and oxygen atoms in total. The Morgan fingerprint density at radius 3 is 2.65 bits per heavy atom. The zero-order valence-electron chi connectivity index (χ0n) is 14.2. The van der Waals surface area contributed by atoms with Crippen LogP contribution in [-0.4, -0.2) is 42.0 Å². The van der Waals surface area contributed by atoms with Gasteiger partial charge in [0.25, 0.3) is 0 Å². The molecule has 2 heterocycles. The van der Waals surface area contributed by atoms with E-state index in [0.29, 0.717) is 12.3 Å². The molecule has 5 heteroatoms. The highest BCUT2D eigenvalue weighted by molar-refractivity contribution is 7.22. The van der Waals surface area contributed by atoms with Gasteiger partial charge in [0.05, 0.1) is 10.2 Å². The minimum absolute atomic E-state index is 0.288. The molecular formula is C18H25N3OS. The molecule has 124 valence electrons. The highest BCUT2D eigenvalue weighted by atomic mass is 32.1. The molecule has 1 aromatic carbocycles. The van der Waals surface area contributed by atoms with Crippen LogP contribution in [0.2, 0.25) is 0 Å². The van der Waals surface area contributed by atoms with E-state index in [1.54, 1.807) is 11.3 Å². The standard InChI is InChI=1S/C18H25N3OS/c1-4-14-5-6-15-16(12-14)23-18(19-15)21-9-7-20(8-10-21)17(22)11-13(2)3/h5-6,12-13H,4,7-11H2,1-3H3. The Kier molecular flexibility index (Phi) is 4.85. The molecule has 0 aliphatic carbocycles. The summed E-state index contributed by atoms with van der Waals surface area (Å²) < 4.78 is 1.26. The fraction of sp³-hybridized carbons (Fsp3) is 0.556. The monoisotopic (exact) mass is 331 g/mol. The van der Waals surface area contributed by atoms with E-state index in [2.05, 4.69) is 43.9 Å². The van der Waals surface area contributed by atoms with Gasteiger partial charge in [0, 0.05) is 32.6 Å². The van der Waals surface area contributed by atoms with Crippen LogP contribution in [0.25, 0.3) is 10.2 Å². The van der Waals surface area contributed by atoms with Gasteiger partial charge in [-0.25, -0.2) is 4.98 Å². The zero-order chi connectivity index (χ0) is 16.4. The molecule has 0 spiro atoms. The van der Waals surface area contributed by atoms with Gasteiger partial charge in [-0.05, 0) is 30.0 Å². The van der Waals surface area contributed by atoms with Crippen molar-refractivity contribution in [2.24, 2.45) is 5.92 Å². The maximum absolute atomic E-state index is 12.2. The first-order chi connectivity index (χ1) is 11.1. The van der Waals surface area contributed by atoms with Crippen LogP contribution in [0.15, 0.2) is 18.2 Å². The zero-order valence-corrected chi connectivity index (χ0v) is 15.0. The predicted molar refractivity (Wildman–Crippen MR) is 97.2 cm³/mol. The number of benzene rings is 1. The number of aryl methyl sites for hydroxylation is 1. The highest BCUT2D eigenvalue weighted by Gasteiger charge is 2.23. The Hall–Kier alpha value is -1.62. The van der Waals surface area contributed by atoms with Crippen molar-refractivity contribution in [3.63, 3.8) is 0 Å². The molecule has 0 saturated carbocycles. The Labute approximate surface area is 142 Å². The molecular weight excluding hydrogens is 306 g/mol. The fourth-order valence-corrected chi connectivity index (χ4v) is 4.02. The number of anilines is 1. The van der Waals surface area contributed by atoms with E-state index in [-0.39, 0.29) is 5.91 Å². The lowest BCUT2D eigenvalue weighted by Gasteiger charge is -2.34. The molecule has 1 saturated heterocycles. The van der Waals surface area contributed by atoms with Crippen molar-refractivity contribution in [2.45, 2.75) is 33.6 Å². The largest absolute Gasteiger partial charge is 0.345 e. The maximum Gasteiger partial charge on any atom is 0.222 e. The van der Waals surface area contributed by atoms with Crippen LogP contribution in [-0.2, 0) is 11.2 Å². The van der Waals surface area contributed by atoms with E-state index < -0.39 is 0 Å². The molecule has 0 N–H and O–H groups in total. The molecule has 0 atom stereocenters. The first kappa shape index (κ1) is 16.2. The molecule has 1 fully saturated rings. The summed E-state index contributed by atoms with van der Waals surface area (Å²) in [5.74, 6) is 0.717. The molecule has 3 rings (SSSR count). The quantitative estimate of drug-likeness (QED) is 0.859. The molecule has 0 unspecified atom stereocenters. The topological polar surface area (TPSA) is 36.4 Å². The van der Waals surface area contributed by atoms with E-state index in [1.165, 1.54) is 10.3 Å². The summed E-state index contributed by atoms with van der Waals surface area (Å²) in [5, 5.41) is 1.09. The van der Waals surface area contributed by atoms with Crippen molar-refractivity contribution in [1.82, 2.24) is 9.88 Å². The Morgan fingerprint density at radius 1 is 1.26 bits per heavy atom. The van der Waals surface area contributed by atoms with Crippen molar-refractivity contribution >= 4 is 32.6 Å². The van der Waals surface area contributed by atoms with E-state index >= 15 is 0 Å². The van der Waals surface area contributed by atoms with E-state index in [0.717, 1.165) is 43.2 Å². The molecule has 1 amide bonds. The van der Waals surface area contributed by atoms with Gasteiger partial charge >= 0.3 is 0 Å². The third-order valence-corrected chi connectivity index (χ3v) is 5.41. The summed E-state index contributed by atoms with van der Waals surface area (Å²) in [7, 11) is 0. The number of carbonyl (C=O) groups is 1. The molecule has 0 bridgehead atoms. The third-order valence-electron chi connectivity index (χ3n) is 4.34. The lowest BCUT2D eigenvalue weighted by atomic mass is 10.1. The van der Waals surface area contributed by atoms with E-state index in [1.807, 2.05) is 4.90 Å². The Balaban J connectivity index is 1.66. The van der Waals surface area contributed by atoms with Gasteiger partial charge < -0.3 is 9.80 Å². The van der Waals surface area contributed by atoms with Gasteiger partial charge in [-0.15, -0.1) is 0 Å². The maximum atomic E-state index is 12.2. The fourth-order valence-electron chi connectivity index (χ4n) is 2.94. The third kappa shape index (κ3) is 3.66. The van der Waals surface area contributed by atoms with Gasteiger partial charge in [0.2, 0.25) is 5.91 Å². The molecule has 2 aromatic rings. The average Bonchev–Trinajstić information content (AvgIpc) is 2.97. The normalized spacial score (nSPS) is 15.7. The molecule has 1 aliphatic heterocycles. The molecule has 0 radical (unpaired) electrons. The number of hydrogen-bond acceptors (Lipinski definition) is 4. The van der Waals surface area contributed by atoms with Crippen LogP contribution in [0.3, 0.4) is 0 Å². The number of fused-ring (bicyclic) bond motifs is 1. The van der Waals surface area contributed by atoms with E-state index in [9.17, 15) is 4.79 Å². The number of hydrogen-bond donors (Lipinski definition) is 0. The van der Waals surface area contributed by atoms with Crippen LogP contribution in [0, 0.1) is 5.92 Å². The van der Waals surface area contributed by atoms with E-state index in [4.69, 9.17) is 4.98 Å². The predicted octanol–water partition coefficient (Wildman–Crippen LogP) is 3.55. The van der Waals surface area contributed by atoms with Gasteiger partial charge in [0.15, 0.2) is 5.13 Å². The number of thiazole rings is 1. The van der Waals surface area contributed by atoms with Gasteiger partial charge in [-0.2, -0.15) is 0 Å². The second-order valence-corrected chi connectivity index (χ2v) is 7.63. The van der Waals surface area contributed by atoms with Gasteiger partial charge in [-0.3, -0.25) is 4.79 Å². The average molecular weight is 331 g/mol. The minimum atomic E-state index is 0.288. The lowest BCUT2D eigenvalue weighted by molar-refractivity contribution is -0.132. The number of nitrogens with zero attached hydrogens (tertiary/aromatic N) is 3. The highest BCUT2D eigenvalue weighted by Crippen LogP contribution is 2.30. The summed E-state index contributed by atoms with van der Waals surface area (Å²) in [6.07, 6.45) is 1.71. The second kappa shape index (κ2) is 6.87. The van der Waals surface area contributed by atoms with Crippen molar-refractivity contribution in [1.29, 1.82) is 0 Å². The van der Waals surface area contributed by atoms with Crippen LogP contribution in [0.5, 0.6) is 0 Å². The van der Waals surface area contributed by atoms with Crippen LogP contribution in [0.4, 0.5) is 5.13 Å². The SMILES string of the molecule is CCc1ccc2nc(N3CCN(C(=O)CC(C)C)CC3)sc2c1. The number of carbonyl (C=O) groups excluding carboxylic acids is 1. The minimum Gasteiger partial charge on any atom is -0.345 e. The summed E-state index contributed by atoms with van der Waals surface area (Å²) in [6.45, 7) is 9.74. The molecule has 1 aromatic heterocycles. The van der Waals surface area contributed by atoms with Crippen LogP contribution < -0.4 is 4.90 Å². The summed E-state index contributed by atoms with van der Waals surface area (Å²) >= 11 is 1.76. The van der Waals surface area contributed by atoms with Crippen molar-refractivity contribution in [3.8, 4) is 0 Å². The van der Waals surface area contributed by atoms with Gasteiger partial charge in [0.1, 0.15) is 0 Å². The van der Waals surface area contributed by atoms with Crippen molar-refractivity contribution < 1.29 is 4.79 Å². The first-order valence-corrected chi connectivity index (χ1v) is 9.30. The van der Waals surface area contributed by atoms with Crippen LogP contribution in [0.1, 0.15) is 32.8 Å². The molecule has 1 aliphatic rings. The number of amides is 1. The van der Waals surface area contributed by atoms with Crippen molar-refractivity contribution in [3.05, 3.63) is 23.8 Å². The smallest absolute Gasteiger partial charge is 0.222 e. The number of aromatic nitrogens is 1. The van der Waals surface area contributed by atoms with Crippen LogP contribution >= 0.6 is 11.3 Å². The summed E-state index contributed by atoms with van der Waals surface area (Å²) in [4.78, 5) is 21.2. The van der Waals surface area contributed by atoms with Crippen molar-refractivity contribution in [2.75, 3.05) is 31.1 Å².